The van der Waals surface area contributed by atoms with Crippen molar-refractivity contribution in [1.82, 2.24) is 0 Å². The Kier molecular flexibility index (Phi) is 3.34. The van der Waals surface area contributed by atoms with E-state index in [4.69, 9.17) is 0 Å². The van der Waals surface area contributed by atoms with Crippen molar-refractivity contribution in [2.45, 2.75) is 60.3 Å². The predicted octanol–water partition coefficient (Wildman–Crippen LogP) is 5.42. The summed E-state index contributed by atoms with van der Waals surface area (Å²) in [5, 5.41) is 0. The highest BCUT2D eigenvalue weighted by atomic mass is 14.5. The second-order valence-electron chi connectivity index (χ2n) is 8.05. The average molecular weight is 244 g/mol. The maximum atomic E-state index is 2.41. The minimum Gasteiger partial charge on any atom is -0.0620 e. The fourth-order valence-corrected chi connectivity index (χ4v) is 3.76. The van der Waals surface area contributed by atoms with Gasteiger partial charge in [0, 0.05) is 0 Å². The van der Waals surface area contributed by atoms with Crippen LogP contribution in [0.4, 0.5) is 0 Å². The van der Waals surface area contributed by atoms with Crippen molar-refractivity contribution in [3.05, 3.63) is 35.4 Å². The molecule has 1 aliphatic rings. The lowest BCUT2D eigenvalue weighted by Gasteiger charge is -2.47. The van der Waals surface area contributed by atoms with Gasteiger partial charge in [0.15, 0.2) is 0 Å². The van der Waals surface area contributed by atoms with Crippen molar-refractivity contribution in [3.8, 4) is 0 Å². The fraction of sp³-hybridized carbons (Fsp3) is 0.667. The number of rotatable bonds is 0. The van der Waals surface area contributed by atoms with E-state index in [0.717, 1.165) is 5.92 Å². The Morgan fingerprint density at radius 1 is 0.889 bits per heavy atom. The summed E-state index contributed by atoms with van der Waals surface area (Å²) in [4.78, 5) is 0. The standard InChI is InChI=1S/C18H28/c1-17(2,3)15-12-11-13-9-7-8-10-14(13)16(15)18(4,5)6/h7-10,15-16H,11-12H2,1-6H3. The Labute approximate surface area is 113 Å². The first-order valence-electron chi connectivity index (χ1n) is 7.29. The first-order valence-corrected chi connectivity index (χ1v) is 7.29. The van der Waals surface area contributed by atoms with Crippen LogP contribution in [0.3, 0.4) is 0 Å². The van der Waals surface area contributed by atoms with Gasteiger partial charge in [0.05, 0.1) is 0 Å². The summed E-state index contributed by atoms with van der Waals surface area (Å²) in [6.45, 7) is 14.4. The molecule has 100 valence electrons. The molecule has 0 spiro atoms. The minimum atomic E-state index is 0.342. The van der Waals surface area contributed by atoms with E-state index in [9.17, 15) is 0 Å². The molecule has 0 nitrogen and oxygen atoms in total. The third kappa shape index (κ3) is 2.48. The lowest BCUT2D eigenvalue weighted by Crippen LogP contribution is -2.37. The van der Waals surface area contributed by atoms with Gasteiger partial charge < -0.3 is 0 Å². The van der Waals surface area contributed by atoms with E-state index in [1.54, 1.807) is 11.1 Å². The molecule has 2 rings (SSSR count). The summed E-state index contributed by atoms with van der Waals surface area (Å²) in [5.74, 6) is 1.47. The molecule has 0 aromatic heterocycles. The second kappa shape index (κ2) is 4.40. The van der Waals surface area contributed by atoms with Crippen LogP contribution in [-0.2, 0) is 6.42 Å². The number of hydrogen-bond acceptors (Lipinski definition) is 0. The number of aryl methyl sites for hydroxylation is 1. The van der Waals surface area contributed by atoms with Gasteiger partial charge in [0.1, 0.15) is 0 Å². The van der Waals surface area contributed by atoms with Crippen LogP contribution in [0.15, 0.2) is 24.3 Å². The first-order chi connectivity index (χ1) is 8.21. The van der Waals surface area contributed by atoms with E-state index in [2.05, 4.69) is 65.8 Å². The van der Waals surface area contributed by atoms with Crippen LogP contribution in [0.1, 0.15) is 65.0 Å². The SMILES string of the molecule is CC(C)(C)C1CCc2ccccc2C1C(C)(C)C. The van der Waals surface area contributed by atoms with Crippen LogP contribution in [0, 0.1) is 16.7 Å². The van der Waals surface area contributed by atoms with E-state index in [-0.39, 0.29) is 0 Å². The number of benzene rings is 1. The average Bonchev–Trinajstić information content (AvgIpc) is 2.24. The van der Waals surface area contributed by atoms with Crippen LogP contribution in [-0.4, -0.2) is 0 Å². The molecule has 0 fully saturated rings. The molecule has 0 heteroatoms. The molecule has 1 aromatic carbocycles. The molecule has 1 aromatic rings. The van der Waals surface area contributed by atoms with Crippen LogP contribution in [0.2, 0.25) is 0 Å². The monoisotopic (exact) mass is 244 g/mol. The zero-order valence-corrected chi connectivity index (χ0v) is 12.9. The van der Waals surface area contributed by atoms with Crippen LogP contribution in [0.5, 0.6) is 0 Å². The third-order valence-corrected chi connectivity index (χ3v) is 4.56. The Balaban J connectivity index is 2.50. The third-order valence-electron chi connectivity index (χ3n) is 4.56. The summed E-state index contributed by atoms with van der Waals surface area (Å²) < 4.78 is 0. The van der Waals surface area contributed by atoms with Crippen molar-refractivity contribution >= 4 is 0 Å². The summed E-state index contributed by atoms with van der Waals surface area (Å²) in [7, 11) is 0. The molecular weight excluding hydrogens is 216 g/mol. The van der Waals surface area contributed by atoms with Crippen LogP contribution < -0.4 is 0 Å². The largest absolute Gasteiger partial charge is 0.0620 e. The van der Waals surface area contributed by atoms with Gasteiger partial charge in [0.25, 0.3) is 0 Å². The van der Waals surface area contributed by atoms with E-state index in [1.807, 2.05) is 0 Å². The van der Waals surface area contributed by atoms with Crippen molar-refractivity contribution in [3.63, 3.8) is 0 Å². The van der Waals surface area contributed by atoms with E-state index in [1.165, 1.54) is 12.8 Å². The Morgan fingerprint density at radius 2 is 1.50 bits per heavy atom. The van der Waals surface area contributed by atoms with Gasteiger partial charge in [-0.1, -0.05) is 65.8 Å². The van der Waals surface area contributed by atoms with Crippen LogP contribution in [0.25, 0.3) is 0 Å². The van der Waals surface area contributed by atoms with Gasteiger partial charge in [-0.15, -0.1) is 0 Å². The van der Waals surface area contributed by atoms with Crippen LogP contribution >= 0.6 is 0 Å². The molecule has 0 N–H and O–H groups in total. The van der Waals surface area contributed by atoms with Crippen molar-refractivity contribution in [1.29, 1.82) is 0 Å². The van der Waals surface area contributed by atoms with E-state index >= 15 is 0 Å². The van der Waals surface area contributed by atoms with Crippen molar-refractivity contribution in [2.75, 3.05) is 0 Å². The molecule has 0 saturated heterocycles. The van der Waals surface area contributed by atoms with Gasteiger partial charge in [-0.2, -0.15) is 0 Å². The normalized spacial score (nSPS) is 24.8. The molecular formula is C18H28. The molecule has 2 atom stereocenters. The summed E-state index contributed by atoms with van der Waals surface area (Å²) in [6, 6.07) is 9.09. The van der Waals surface area contributed by atoms with Gasteiger partial charge in [-0.25, -0.2) is 0 Å². The Hall–Kier alpha value is -0.780. The van der Waals surface area contributed by atoms with Gasteiger partial charge in [-0.3, -0.25) is 0 Å². The molecule has 1 aliphatic carbocycles. The molecule has 0 saturated carbocycles. The minimum absolute atomic E-state index is 0.342. The Bertz CT molecular complexity index is 414. The molecule has 0 radical (unpaired) electrons. The van der Waals surface area contributed by atoms with E-state index in [0.29, 0.717) is 16.7 Å². The summed E-state index contributed by atoms with van der Waals surface area (Å²) in [6.07, 6.45) is 2.59. The second-order valence-corrected chi connectivity index (χ2v) is 8.05. The maximum Gasteiger partial charge on any atom is -0.00771 e. The predicted molar refractivity (Wildman–Crippen MR) is 79.9 cm³/mol. The number of hydrogen-bond donors (Lipinski definition) is 0. The van der Waals surface area contributed by atoms with Crippen molar-refractivity contribution in [2.24, 2.45) is 16.7 Å². The van der Waals surface area contributed by atoms with Gasteiger partial charge in [0.2, 0.25) is 0 Å². The first kappa shape index (κ1) is 13.6. The van der Waals surface area contributed by atoms with Gasteiger partial charge in [-0.05, 0) is 46.6 Å². The highest BCUT2D eigenvalue weighted by Gasteiger charge is 2.42. The van der Waals surface area contributed by atoms with Gasteiger partial charge >= 0.3 is 0 Å². The lowest BCUT2D eigenvalue weighted by molar-refractivity contribution is 0.109. The quantitative estimate of drug-likeness (QED) is 0.571. The molecule has 0 aliphatic heterocycles. The summed E-state index contributed by atoms with van der Waals surface area (Å²) in [5.41, 5.74) is 3.93. The van der Waals surface area contributed by atoms with E-state index < -0.39 is 0 Å². The molecule has 0 bridgehead atoms. The van der Waals surface area contributed by atoms with Crippen molar-refractivity contribution < 1.29 is 0 Å². The molecule has 18 heavy (non-hydrogen) atoms. The Morgan fingerprint density at radius 3 is 2.06 bits per heavy atom. The highest BCUT2D eigenvalue weighted by Crippen LogP contribution is 2.52. The maximum absolute atomic E-state index is 2.41. The molecule has 0 amide bonds. The highest BCUT2D eigenvalue weighted by molar-refractivity contribution is 5.35. The lowest BCUT2D eigenvalue weighted by atomic mass is 9.57. The fourth-order valence-electron chi connectivity index (χ4n) is 3.76. The zero-order valence-electron chi connectivity index (χ0n) is 12.9. The smallest absolute Gasteiger partial charge is 0.00771 e. The molecule has 0 heterocycles. The number of fused-ring (bicyclic) bond motifs is 1. The zero-order chi connectivity index (χ0) is 13.6. The topological polar surface area (TPSA) is 0 Å². The summed E-state index contributed by atoms with van der Waals surface area (Å²) >= 11 is 0. The molecule has 2 unspecified atom stereocenters.